The van der Waals surface area contributed by atoms with Crippen molar-refractivity contribution in [2.75, 3.05) is 19.0 Å². The molecule has 0 N–H and O–H groups in total. The van der Waals surface area contributed by atoms with Gasteiger partial charge in [0.25, 0.3) is 0 Å². The Morgan fingerprint density at radius 2 is 1.57 bits per heavy atom. The van der Waals surface area contributed by atoms with E-state index in [9.17, 15) is 8.42 Å². The molecule has 0 saturated carbocycles. The van der Waals surface area contributed by atoms with Crippen molar-refractivity contribution in [3.8, 4) is 5.75 Å². The smallest absolute Gasteiger partial charge is 0.311 e. The van der Waals surface area contributed by atoms with Gasteiger partial charge < -0.3 is 8.92 Å². The Balaban J connectivity index is 2.32. The molecule has 0 aliphatic carbocycles. The quantitative estimate of drug-likeness (QED) is 0.395. The predicted molar refractivity (Wildman–Crippen MR) is 94.4 cm³/mol. The summed E-state index contributed by atoms with van der Waals surface area (Å²) in [5.74, 6) is 0.244. The lowest BCUT2D eigenvalue weighted by atomic mass is 10.1. The van der Waals surface area contributed by atoms with E-state index in [4.69, 9.17) is 8.92 Å². The molecule has 0 heterocycles. The van der Waals surface area contributed by atoms with E-state index in [1.165, 1.54) is 44.1 Å². The van der Waals surface area contributed by atoms with E-state index < -0.39 is 10.1 Å². The molecule has 0 radical (unpaired) electrons. The van der Waals surface area contributed by atoms with E-state index in [0.29, 0.717) is 12.4 Å². The van der Waals surface area contributed by atoms with Crippen LogP contribution in [-0.2, 0) is 21.3 Å². The molecule has 0 fully saturated rings. The SMILES string of the molecule is CCCCCCCCc1ccc(OS(=O)(=O)CCOCC)cc1. The first-order chi connectivity index (χ1) is 11.1. The molecule has 0 saturated heterocycles. The molecule has 0 aliphatic heterocycles. The number of unbranched alkanes of at least 4 members (excludes halogenated alkanes) is 5. The molecule has 1 rings (SSSR count). The summed E-state index contributed by atoms with van der Waals surface area (Å²) in [6.07, 6.45) is 8.68. The lowest BCUT2D eigenvalue weighted by molar-refractivity contribution is 0.162. The minimum Gasteiger partial charge on any atom is -0.382 e. The third kappa shape index (κ3) is 9.61. The van der Waals surface area contributed by atoms with Crippen molar-refractivity contribution < 1.29 is 17.3 Å². The molecule has 0 spiro atoms. The molecule has 23 heavy (non-hydrogen) atoms. The topological polar surface area (TPSA) is 52.6 Å². The molecule has 5 heteroatoms. The summed E-state index contributed by atoms with van der Waals surface area (Å²) in [7, 11) is -3.57. The van der Waals surface area contributed by atoms with Gasteiger partial charge in [0, 0.05) is 6.61 Å². The average molecular weight is 343 g/mol. The fourth-order valence-electron chi connectivity index (χ4n) is 2.31. The van der Waals surface area contributed by atoms with Crippen LogP contribution in [0, 0.1) is 0 Å². The maximum absolute atomic E-state index is 11.8. The standard InChI is InChI=1S/C18H30O4S/c1-3-5-6-7-8-9-10-17-11-13-18(14-12-17)22-23(19,20)16-15-21-4-2/h11-14H,3-10,15-16H2,1-2H3. The summed E-state index contributed by atoms with van der Waals surface area (Å²) in [5, 5.41) is 0. The van der Waals surface area contributed by atoms with E-state index >= 15 is 0 Å². The average Bonchev–Trinajstić information content (AvgIpc) is 2.52. The van der Waals surface area contributed by atoms with Crippen LogP contribution in [0.15, 0.2) is 24.3 Å². The van der Waals surface area contributed by atoms with Gasteiger partial charge in [-0.1, -0.05) is 51.2 Å². The number of hydrogen-bond donors (Lipinski definition) is 0. The summed E-state index contributed by atoms with van der Waals surface area (Å²) < 4.78 is 33.6. The summed E-state index contributed by atoms with van der Waals surface area (Å²) in [5.41, 5.74) is 1.22. The van der Waals surface area contributed by atoms with Gasteiger partial charge >= 0.3 is 10.1 Å². The summed E-state index contributed by atoms with van der Waals surface area (Å²) in [6, 6.07) is 7.34. The zero-order chi connectivity index (χ0) is 17.0. The lowest BCUT2D eigenvalue weighted by Crippen LogP contribution is -2.17. The largest absolute Gasteiger partial charge is 0.382 e. The molecule has 0 bridgehead atoms. The van der Waals surface area contributed by atoms with E-state index in [1.54, 1.807) is 12.1 Å². The zero-order valence-corrected chi connectivity index (χ0v) is 15.2. The molecule has 0 atom stereocenters. The third-order valence-corrected chi connectivity index (χ3v) is 4.76. The predicted octanol–water partition coefficient (Wildman–Crippen LogP) is 4.33. The van der Waals surface area contributed by atoms with E-state index in [-0.39, 0.29) is 12.4 Å². The Kier molecular flexibility index (Phi) is 9.96. The molecule has 0 unspecified atom stereocenters. The number of ether oxygens (including phenoxy) is 1. The second kappa shape index (κ2) is 11.5. The van der Waals surface area contributed by atoms with E-state index in [2.05, 4.69) is 6.92 Å². The van der Waals surface area contributed by atoms with Crippen LogP contribution in [0.2, 0.25) is 0 Å². The normalized spacial score (nSPS) is 11.6. The summed E-state index contributed by atoms with van der Waals surface area (Å²) in [4.78, 5) is 0. The fraction of sp³-hybridized carbons (Fsp3) is 0.667. The Labute approximate surface area is 141 Å². The van der Waals surface area contributed by atoms with Crippen molar-refractivity contribution in [1.29, 1.82) is 0 Å². The second-order valence-corrected chi connectivity index (χ2v) is 7.39. The van der Waals surface area contributed by atoms with Crippen molar-refractivity contribution in [3.63, 3.8) is 0 Å². The van der Waals surface area contributed by atoms with Gasteiger partial charge in [0.05, 0.1) is 6.61 Å². The molecule has 0 amide bonds. The van der Waals surface area contributed by atoms with Gasteiger partial charge in [-0.3, -0.25) is 0 Å². The van der Waals surface area contributed by atoms with Crippen molar-refractivity contribution in [2.45, 2.75) is 58.8 Å². The first-order valence-electron chi connectivity index (χ1n) is 8.66. The minimum atomic E-state index is -3.57. The Morgan fingerprint density at radius 1 is 0.913 bits per heavy atom. The minimum absolute atomic E-state index is 0.125. The molecule has 132 valence electrons. The second-order valence-electron chi connectivity index (χ2n) is 5.70. The molecular weight excluding hydrogens is 312 g/mol. The Hall–Kier alpha value is -1.07. The first kappa shape index (κ1) is 20.0. The van der Waals surface area contributed by atoms with Crippen molar-refractivity contribution in [3.05, 3.63) is 29.8 Å². The van der Waals surface area contributed by atoms with Crippen LogP contribution in [0.3, 0.4) is 0 Å². The first-order valence-corrected chi connectivity index (χ1v) is 10.2. The molecule has 4 nitrogen and oxygen atoms in total. The van der Waals surface area contributed by atoms with Crippen LogP contribution >= 0.6 is 0 Å². The molecule has 0 aliphatic rings. The molecule has 1 aromatic carbocycles. The zero-order valence-electron chi connectivity index (χ0n) is 14.4. The maximum Gasteiger partial charge on any atom is 0.311 e. The van der Waals surface area contributed by atoms with Crippen LogP contribution < -0.4 is 4.18 Å². The lowest BCUT2D eigenvalue weighted by Gasteiger charge is -2.08. The van der Waals surface area contributed by atoms with Gasteiger partial charge in [0.15, 0.2) is 0 Å². The number of aryl methyl sites for hydroxylation is 1. The van der Waals surface area contributed by atoms with Gasteiger partial charge in [-0.25, -0.2) is 0 Å². The van der Waals surface area contributed by atoms with Gasteiger partial charge in [0.2, 0.25) is 0 Å². The number of benzene rings is 1. The third-order valence-electron chi connectivity index (χ3n) is 3.65. The number of hydrogen-bond acceptors (Lipinski definition) is 4. The van der Waals surface area contributed by atoms with Gasteiger partial charge in [0.1, 0.15) is 11.5 Å². The highest BCUT2D eigenvalue weighted by Crippen LogP contribution is 2.17. The maximum atomic E-state index is 11.8. The summed E-state index contributed by atoms with van der Waals surface area (Å²) >= 11 is 0. The monoisotopic (exact) mass is 342 g/mol. The van der Waals surface area contributed by atoms with Crippen LogP contribution in [0.1, 0.15) is 57.9 Å². The van der Waals surface area contributed by atoms with Crippen molar-refractivity contribution in [2.24, 2.45) is 0 Å². The van der Waals surface area contributed by atoms with Gasteiger partial charge in [-0.15, -0.1) is 0 Å². The highest BCUT2D eigenvalue weighted by molar-refractivity contribution is 7.87. The summed E-state index contributed by atoms with van der Waals surface area (Å²) in [6.45, 7) is 4.72. The van der Waals surface area contributed by atoms with Crippen LogP contribution in [0.4, 0.5) is 0 Å². The van der Waals surface area contributed by atoms with Crippen molar-refractivity contribution in [1.82, 2.24) is 0 Å². The highest BCUT2D eigenvalue weighted by Gasteiger charge is 2.12. The number of rotatable bonds is 13. The van der Waals surface area contributed by atoms with Crippen LogP contribution in [-0.4, -0.2) is 27.4 Å². The molecule has 0 aromatic heterocycles. The van der Waals surface area contributed by atoms with Crippen molar-refractivity contribution >= 4 is 10.1 Å². The fourth-order valence-corrected chi connectivity index (χ4v) is 3.12. The Bertz CT molecular complexity index is 508. The molecule has 1 aromatic rings. The van der Waals surface area contributed by atoms with E-state index in [1.807, 2.05) is 19.1 Å². The van der Waals surface area contributed by atoms with Gasteiger partial charge in [-0.2, -0.15) is 8.42 Å². The van der Waals surface area contributed by atoms with E-state index in [0.717, 1.165) is 6.42 Å². The molecular formula is C18H30O4S. The Morgan fingerprint density at radius 3 is 2.22 bits per heavy atom. The van der Waals surface area contributed by atoms with Crippen LogP contribution in [0.5, 0.6) is 5.75 Å². The highest BCUT2D eigenvalue weighted by atomic mass is 32.2. The van der Waals surface area contributed by atoms with Crippen LogP contribution in [0.25, 0.3) is 0 Å². The van der Waals surface area contributed by atoms with Gasteiger partial charge in [-0.05, 0) is 37.5 Å².